The Morgan fingerprint density at radius 2 is 1.83 bits per heavy atom. The molecule has 164 valence electrons. The molecule has 2 aliphatic carbocycles. The molecule has 1 saturated carbocycles. The minimum absolute atomic E-state index is 0.156. The number of nitrogens with one attached hydrogen (secondary N) is 1. The van der Waals surface area contributed by atoms with Gasteiger partial charge in [-0.05, 0) is 76.0 Å². The van der Waals surface area contributed by atoms with E-state index >= 15 is 0 Å². The van der Waals surface area contributed by atoms with Crippen LogP contribution in [0.15, 0.2) is 29.8 Å². The maximum atomic E-state index is 14.0. The van der Waals surface area contributed by atoms with Crippen molar-refractivity contribution < 1.29 is 13.6 Å². The number of hydrogen-bond acceptors (Lipinski definition) is 3. The second-order valence-corrected chi connectivity index (χ2v) is 9.03. The van der Waals surface area contributed by atoms with E-state index in [1.54, 1.807) is 0 Å². The summed E-state index contributed by atoms with van der Waals surface area (Å²) in [6.07, 6.45) is 10.9. The van der Waals surface area contributed by atoms with Crippen LogP contribution < -0.4 is 10.2 Å². The average molecular weight is 418 g/mol. The van der Waals surface area contributed by atoms with Gasteiger partial charge < -0.3 is 10.2 Å². The van der Waals surface area contributed by atoms with Gasteiger partial charge in [-0.1, -0.05) is 6.08 Å². The first-order valence-electron chi connectivity index (χ1n) is 11.5. The van der Waals surface area contributed by atoms with E-state index in [1.165, 1.54) is 37.5 Å². The van der Waals surface area contributed by atoms with E-state index in [1.807, 2.05) is 4.90 Å². The van der Waals surface area contributed by atoms with Crippen LogP contribution in [-0.4, -0.2) is 49.6 Å². The highest BCUT2D eigenvalue weighted by Gasteiger charge is 2.25. The molecule has 4 rings (SSSR count). The average Bonchev–Trinajstić information content (AvgIpc) is 3.31. The van der Waals surface area contributed by atoms with Gasteiger partial charge in [0.1, 0.15) is 11.6 Å². The standard InChI is InChI=1S/C24H33F2N3O/c25-20-7-10-22(26)23(17-20)29-15-13-28(14-16-29)12-11-18-5-8-21(9-6-18)27-24(30)19-3-1-2-4-19/h3,7,10,17-18,21H,1-2,4-6,8-9,11-16H2,(H,27,30)/t18-,21-. The summed E-state index contributed by atoms with van der Waals surface area (Å²) in [4.78, 5) is 16.6. The van der Waals surface area contributed by atoms with E-state index < -0.39 is 0 Å². The number of allylic oxidation sites excluding steroid dienone is 1. The highest BCUT2D eigenvalue weighted by molar-refractivity contribution is 5.93. The Morgan fingerprint density at radius 3 is 2.53 bits per heavy atom. The summed E-state index contributed by atoms with van der Waals surface area (Å²) in [5, 5.41) is 3.24. The van der Waals surface area contributed by atoms with Crippen molar-refractivity contribution >= 4 is 11.6 Å². The minimum atomic E-state index is -0.388. The molecule has 0 spiro atoms. The third kappa shape index (κ3) is 5.39. The molecular weight excluding hydrogens is 384 g/mol. The number of nitrogens with zero attached hydrogens (tertiary/aromatic N) is 2. The molecule has 1 aromatic rings. The topological polar surface area (TPSA) is 35.6 Å². The molecule has 0 unspecified atom stereocenters. The normalized spacial score (nSPS) is 25.3. The summed E-state index contributed by atoms with van der Waals surface area (Å²) < 4.78 is 27.4. The van der Waals surface area contributed by atoms with Crippen LogP contribution in [0.5, 0.6) is 0 Å². The summed E-state index contributed by atoms with van der Waals surface area (Å²) >= 11 is 0. The van der Waals surface area contributed by atoms with E-state index in [4.69, 9.17) is 0 Å². The van der Waals surface area contributed by atoms with E-state index in [-0.39, 0.29) is 17.5 Å². The highest BCUT2D eigenvalue weighted by atomic mass is 19.1. The molecule has 0 bridgehead atoms. The van der Waals surface area contributed by atoms with Gasteiger partial charge in [-0.25, -0.2) is 8.78 Å². The first kappa shape index (κ1) is 21.3. The molecule has 1 amide bonds. The zero-order chi connectivity index (χ0) is 20.9. The molecule has 1 aromatic carbocycles. The Hall–Kier alpha value is -1.95. The summed E-state index contributed by atoms with van der Waals surface area (Å²) in [6, 6.07) is 4.01. The van der Waals surface area contributed by atoms with Gasteiger partial charge in [0.25, 0.3) is 0 Å². The van der Waals surface area contributed by atoms with Crippen molar-refractivity contribution in [2.24, 2.45) is 5.92 Å². The molecular formula is C24H33F2N3O. The lowest BCUT2D eigenvalue weighted by molar-refractivity contribution is -0.118. The van der Waals surface area contributed by atoms with Crippen LogP contribution in [-0.2, 0) is 4.79 Å². The smallest absolute Gasteiger partial charge is 0.247 e. The Morgan fingerprint density at radius 1 is 1.07 bits per heavy atom. The first-order valence-corrected chi connectivity index (χ1v) is 11.5. The number of benzene rings is 1. The van der Waals surface area contributed by atoms with Gasteiger partial charge in [-0.15, -0.1) is 0 Å². The number of hydrogen-bond donors (Lipinski definition) is 1. The molecule has 1 saturated heterocycles. The molecule has 3 aliphatic rings. The molecule has 1 aliphatic heterocycles. The van der Waals surface area contributed by atoms with Crippen molar-refractivity contribution in [1.29, 1.82) is 0 Å². The van der Waals surface area contributed by atoms with Crippen LogP contribution in [0.3, 0.4) is 0 Å². The fraction of sp³-hybridized carbons (Fsp3) is 0.625. The van der Waals surface area contributed by atoms with Gasteiger partial charge in [-0.3, -0.25) is 9.69 Å². The Bertz CT molecular complexity index is 766. The van der Waals surface area contributed by atoms with Gasteiger partial charge in [-0.2, -0.15) is 0 Å². The van der Waals surface area contributed by atoms with Crippen molar-refractivity contribution in [2.75, 3.05) is 37.6 Å². The zero-order valence-electron chi connectivity index (χ0n) is 17.7. The molecule has 0 atom stereocenters. The van der Waals surface area contributed by atoms with Gasteiger partial charge in [0.2, 0.25) is 5.91 Å². The lowest BCUT2D eigenvalue weighted by atomic mass is 9.84. The van der Waals surface area contributed by atoms with Gasteiger partial charge in [0.15, 0.2) is 0 Å². The molecule has 30 heavy (non-hydrogen) atoms. The Kier molecular flexibility index (Phi) is 7.03. The molecule has 0 radical (unpaired) electrons. The number of amides is 1. The molecule has 2 fully saturated rings. The van der Waals surface area contributed by atoms with Crippen LogP contribution in [0.4, 0.5) is 14.5 Å². The van der Waals surface area contributed by atoms with E-state index in [2.05, 4.69) is 16.3 Å². The maximum Gasteiger partial charge on any atom is 0.247 e. The SMILES string of the molecule is O=C(N[C@H]1CC[C@H](CCN2CCN(c3cc(F)ccc3F)CC2)CC1)C1=CCCC1. The number of carbonyl (C=O) groups excluding carboxylic acids is 1. The fourth-order valence-corrected chi connectivity index (χ4v) is 5.06. The van der Waals surface area contributed by atoms with Crippen LogP contribution >= 0.6 is 0 Å². The number of piperazine rings is 1. The second-order valence-electron chi connectivity index (χ2n) is 9.03. The monoisotopic (exact) mass is 417 g/mol. The van der Waals surface area contributed by atoms with Gasteiger partial charge in [0, 0.05) is 43.9 Å². The fourth-order valence-electron chi connectivity index (χ4n) is 5.06. The largest absolute Gasteiger partial charge is 0.367 e. The molecule has 4 nitrogen and oxygen atoms in total. The zero-order valence-corrected chi connectivity index (χ0v) is 17.7. The van der Waals surface area contributed by atoms with Crippen LogP contribution in [0, 0.1) is 17.6 Å². The second kappa shape index (κ2) is 9.90. The molecule has 0 aromatic heterocycles. The van der Waals surface area contributed by atoms with Gasteiger partial charge in [0.05, 0.1) is 5.69 Å². The summed E-state index contributed by atoms with van der Waals surface area (Å²) in [5.41, 5.74) is 1.36. The third-order valence-corrected chi connectivity index (χ3v) is 6.99. The molecule has 6 heteroatoms. The number of rotatable bonds is 6. The highest BCUT2D eigenvalue weighted by Crippen LogP contribution is 2.28. The Balaban J connectivity index is 1.14. The molecule has 1 heterocycles. The van der Waals surface area contributed by atoms with Crippen LogP contribution in [0.1, 0.15) is 51.4 Å². The number of halogens is 2. The van der Waals surface area contributed by atoms with Crippen molar-refractivity contribution in [3.8, 4) is 0 Å². The summed E-state index contributed by atoms with van der Waals surface area (Å²) in [6.45, 7) is 4.30. The number of anilines is 1. The van der Waals surface area contributed by atoms with Crippen molar-refractivity contribution in [3.05, 3.63) is 41.5 Å². The Labute approximate surface area is 178 Å². The summed E-state index contributed by atoms with van der Waals surface area (Å²) in [7, 11) is 0. The summed E-state index contributed by atoms with van der Waals surface area (Å²) in [5.74, 6) is 0.143. The van der Waals surface area contributed by atoms with Crippen molar-refractivity contribution in [2.45, 2.75) is 57.4 Å². The predicted molar refractivity (Wildman–Crippen MR) is 115 cm³/mol. The lowest BCUT2D eigenvalue weighted by Crippen LogP contribution is -2.47. The van der Waals surface area contributed by atoms with E-state index in [9.17, 15) is 13.6 Å². The minimum Gasteiger partial charge on any atom is -0.367 e. The quantitative estimate of drug-likeness (QED) is 0.751. The van der Waals surface area contributed by atoms with Gasteiger partial charge >= 0.3 is 0 Å². The van der Waals surface area contributed by atoms with Crippen molar-refractivity contribution in [3.63, 3.8) is 0 Å². The van der Waals surface area contributed by atoms with Crippen LogP contribution in [0.2, 0.25) is 0 Å². The van der Waals surface area contributed by atoms with E-state index in [0.717, 1.165) is 76.3 Å². The first-order chi connectivity index (χ1) is 14.6. The predicted octanol–water partition coefficient (Wildman–Crippen LogP) is 4.26. The van der Waals surface area contributed by atoms with Crippen LogP contribution in [0.25, 0.3) is 0 Å². The van der Waals surface area contributed by atoms with Crippen molar-refractivity contribution in [1.82, 2.24) is 10.2 Å². The maximum absolute atomic E-state index is 14.0. The number of carbonyl (C=O) groups is 1. The van der Waals surface area contributed by atoms with E-state index in [0.29, 0.717) is 11.7 Å². The third-order valence-electron chi connectivity index (χ3n) is 6.99. The lowest BCUT2D eigenvalue weighted by Gasteiger charge is -2.37. The molecule has 1 N–H and O–H groups in total.